The number of hydrogen-bond acceptors (Lipinski definition) is 2. The summed E-state index contributed by atoms with van der Waals surface area (Å²) in [6, 6.07) is 0. The Bertz CT molecular complexity index is 177. The van der Waals surface area contributed by atoms with Gasteiger partial charge in [-0.15, -0.1) is 0 Å². The first-order valence-corrected chi connectivity index (χ1v) is 7.02. The van der Waals surface area contributed by atoms with E-state index in [1.807, 2.05) is 13.8 Å². The molecule has 0 saturated heterocycles. The fourth-order valence-corrected chi connectivity index (χ4v) is 1.84. The number of rotatable bonds is 8. The summed E-state index contributed by atoms with van der Waals surface area (Å²) in [7, 11) is 0. The molecule has 0 rings (SSSR count). The predicted octanol–water partition coefficient (Wildman–Crippen LogP) is 3.61. The first kappa shape index (κ1) is 16.9. The van der Waals surface area contributed by atoms with Gasteiger partial charge in [-0.2, -0.15) is 0 Å². The maximum atomic E-state index is 9.48. The van der Waals surface area contributed by atoms with E-state index >= 15 is 0 Å². The number of aliphatic hydroxyl groups excluding tert-OH is 2. The normalized spacial score (nSPS) is 19.8. The summed E-state index contributed by atoms with van der Waals surface area (Å²) in [6.45, 7) is 12.5. The lowest BCUT2D eigenvalue weighted by Crippen LogP contribution is -2.20. The lowest BCUT2D eigenvalue weighted by Gasteiger charge is -2.28. The monoisotopic (exact) mass is 244 g/mol. The van der Waals surface area contributed by atoms with Gasteiger partial charge in [-0.3, -0.25) is 0 Å². The molecular weight excluding hydrogens is 212 g/mol. The van der Waals surface area contributed by atoms with E-state index in [4.69, 9.17) is 0 Å². The Kier molecular flexibility index (Phi) is 7.34. The van der Waals surface area contributed by atoms with Crippen molar-refractivity contribution in [3.05, 3.63) is 0 Å². The zero-order valence-corrected chi connectivity index (χ0v) is 12.5. The summed E-state index contributed by atoms with van der Waals surface area (Å²) in [5.74, 6) is 0.756. The summed E-state index contributed by atoms with van der Waals surface area (Å²) in [5, 5.41) is 19.0. The van der Waals surface area contributed by atoms with Crippen LogP contribution in [-0.4, -0.2) is 22.4 Å². The van der Waals surface area contributed by atoms with Crippen LogP contribution in [0.4, 0.5) is 0 Å². The minimum absolute atomic E-state index is 0.206. The smallest absolute Gasteiger partial charge is 0.0537 e. The molecule has 0 aliphatic rings. The second-order valence-electron chi connectivity index (χ2n) is 6.68. The van der Waals surface area contributed by atoms with Crippen molar-refractivity contribution < 1.29 is 10.2 Å². The zero-order valence-electron chi connectivity index (χ0n) is 12.5. The van der Waals surface area contributed by atoms with Gasteiger partial charge in [-0.05, 0) is 56.8 Å². The van der Waals surface area contributed by atoms with Crippen molar-refractivity contribution in [3.8, 4) is 0 Å². The lowest BCUT2D eigenvalue weighted by atomic mass is 9.78. The highest BCUT2D eigenvalue weighted by atomic mass is 16.3. The molecule has 104 valence electrons. The molecule has 17 heavy (non-hydrogen) atoms. The molecule has 0 aliphatic carbocycles. The summed E-state index contributed by atoms with van der Waals surface area (Å²) >= 11 is 0. The lowest BCUT2D eigenvalue weighted by molar-refractivity contribution is 0.106. The van der Waals surface area contributed by atoms with Crippen LogP contribution < -0.4 is 0 Å². The summed E-state index contributed by atoms with van der Waals surface area (Å²) in [5.41, 5.74) is 0.312. The molecule has 0 radical (unpaired) electrons. The van der Waals surface area contributed by atoms with Crippen molar-refractivity contribution in [1.82, 2.24) is 0 Å². The molecular formula is C15H32O2. The van der Waals surface area contributed by atoms with Crippen molar-refractivity contribution in [2.45, 2.75) is 79.4 Å². The second kappa shape index (κ2) is 7.38. The van der Waals surface area contributed by atoms with E-state index in [0.29, 0.717) is 17.3 Å². The minimum atomic E-state index is -0.206. The van der Waals surface area contributed by atoms with E-state index in [0.717, 1.165) is 25.7 Å². The Hall–Kier alpha value is -0.0800. The highest BCUT2D eigenvalue weighted by Crippen LogP contribution is 2.32. The molecule has 0 aromatic rings. The topological polar surface area (TPSA) is 40.5 Å². The van der Waals surface area contributed by atoms with Crippen LogP contribution in [0.15, 0.2) is 0 Å². The molecule has 4 unspecified atom stereocenters. The van der Waals surface area contributed by atoms with Crippen LogP contribution in [0.3, 0.4) is 0 Å². The van der Waals surface area contributed by atoms with Gasteiger partial charge in [0.15, 0.2) is 0 Å². The molecule has 0 spiro atoms. The standard InChI is InChI=1S/C15H32O2/c1-11(13(3)16)7-9-15(5,6)10-8-12(2)14(4)17/h11-14,16-17H,7-10H2,1-6H3. The van der Waals surface area contributed by atoms with Crippen molar-refractivity contribution in [2.75, 3.05) is 0 Å². The van der Waals surface area contributed by atoms with Gasteiger partial charge in [0.2, 0.25) is 0 Å². The van der Waals surface area contributed by atoms with Crippen LogP contribution in [0.1, 0.15) is 67.2 Å². The number of hydrogen-bond donors (Lipinski definition) is 2. The molecule has 0 saturated carbocycles. The third-order valence-corrected chi connectivity index (χ3v) is 4.20. The molecule has 0 bridgehead atoms. The van der Waals surface area contributed by atoms with E-state index in [-0.39, 0.29) is 12.2 Å². The second-order valence-corrected chi connectivity index (χ2v) is 6.68. The van der Waals surface area contributed by atoms with E-state index in [9.17, 15) is 10.2 Å². The molecule has 2 N–H and O–H groups in total. The molecule has 2 nitrogen and oxygen atoms in total. The van der Waals surface area contributed by atoms with Gasteiger partial charge >= 0.3 is 0 Å². The van der Waals surface area contributed by atoms with Gasteiger partial charge in [0.25, 0.3) is 0 Å². The van der Waals surface area contributed by atoms with Gasteiger partial charge in [-0.1, -0.05) is 27.7 Å². The average Bonchev–Trinajstić information content (AvgIpc) is 2.22. The quantitative estimate of drug-likeness (QED) is 0.685. The van der Waals surface area contributed by atoms with Crippen molar-refractivity contribution in [2.24, 2.45) is 17.3 Å². The summed E-state index contributed by atoms with van der Waals surface area (Å²) < 4.78 is 0. The Morgan fingerprint density at radius 3 is 1.29 bits per heavy atom. The Morgan fingerprint density at radius 2 is 1.06 bits per heavy atom. The van der Waals surface area contributed by atoms with Gasteiger partial charge in [-0.25, -0.2) is 0 Å². The maximum absolute atomic E-state index is 9.48. The Balaban J connectivity index is 3.95. The van der Waals surface area contributed by atoms with E-state index in [1.54, 1.807) is 0 Å². The molecule has 0 aromatic heterocycles. The van der Waals surface area contributed by atoms with Crippen LogP contribution in [-0.2, 0) is 0 Å². The van der Waals surface area contributed by atoms with Gasteiger partial charge in [0.05, 0.1) is 12.2 Å². The van der Waals surface area contributed by atoms with Crippen LogP contribution >= 0.6 is 0 Å². The average molecular weight is 244 g/mol. The largest absolute Gasteiger partial charge is 0.393 e. The van der Waals surface area contributed by atoms with Gasteiger partial charge < -0.3 is 10.2 Å². The van der Waals surface area contributed by atoms with Crippen LogP contribution in [0.2, 0.25) is 0 Å². The fraction of sp³-hybridized carbons (Fsp3) is 1.00. The molecule has 0 amide bonds. The van der Waals surface area contributed by atoms with Crippen LogP contribution in [0.25, 0.3) is 0 Å². The third kappa shape index (κ3) is 7.77. The molecule has 0 aliphatic heterocycles. The first-order valence-electron chi connectivity index (χ1n) is 7.02. The van der Waals surface area contributed by atoms with Crippen LogP contribution in [0, 0.1) is 17.3 Å². The highest BCUT2D eigenvalue weighted by Gasteiger charge is 2.22. The maximum Gasteiger partial charge on any atom is 0.0537 e. The fourth-order valence-electron chi connectivity index (χ4n) is 1.84. The van der Waals surface area contributed by atoms with Gasteiger partial charge in [0, 0.05) is 0 Å². The molecule has 0 aromatic carbocycles. The Labute approximate surface area is 107 Å². The van der Waals surface area contributed by atoms with Crippen molar-refractivity contribution >= 4 is 0 Å². The molecule has 0 heterocycles. The number of aliphatic hydroxyl groups is 2. The first-order chi connectivity index (χ1) is 7.65. The summed E-state index contributed by atoms with van der Waals surface area (Å²) in [4.78, 5) is 0. The molecule has 2 heteroatoms. The van der Waals surface area contributed by atoms with E-state index in [2.05, 4.69) is 27.7 Å². The summed E-state index contributed by atoms with van der Waals surface area (Å²) in [6.07, 6.45) is 4.03. The van der Waals surface area contributed by atoms with Crippen LogP contribution in [0.5, 0.6) is 0 Å². The molecule has 4 atom stereocenters. The third-order valence-electron chi connectivity index (χ3n) is 4.20. The predicted molar refractivity (Wildman–Crippen MR) is 73.9 cm³/mol. The highest BCUT2D eigenvalue weighted by molar-refractivity contribution is 4.73. The molecule has 0 fully saturated rings. The van der Waals surface area contributed by atoms with Crippen molar-refractivity contribution in [1.29, 1.82) is 0 Å². The SMILES string of the molecule is CC(O)C(C)CCC(C)(C)CCC(C)C(C)O. The van der Waals surface area contributed by atoms with E-state index < -0.39 is 0 Å². The zero-order chi connectivity index (χ0) is 13.6. The van der Waals surface area contributed by atoms with E-state index in [1.165, 1.54) is 0 Å². The minimum Gasteiger partial charge on any atom is -0.393 e. The Morgan fingerprint density at radius 1 is 0.765 bits per heavy atom. The van der Waals surface area contributed by atoms with Crippen molar-refractivity contribution in [3.63, 3.8) is 0 Å². The van der Waals surface area contributed by atoms with Gasteiger partial charge in [0.1, 0.15) is 0 Å².